The Hall–Kier alpha value is -1.06. The van der Waals surface area contributed by atoms with Gasteiger partial charge in [0, 0.05) is 41.3 Å². The number of thiophene rings is 1. The lowest BCUT2D eigenvalue weighted by Crippen LogP contribution is -2.17. The zero-order chi connectivity index (χ0) is 13.8. The van der Waals surface area contributed by atoms with E-state index in [1.165, 1.54) is 27.3 Å². The summed E-state index contributed by atoms with van der Waals surface area (Å²) in [4.78, 5) is 2.83. The number of hydrogen-bond acceptors (Lipinski definition) is 2. The smallest absolute Gasteiger partial charge is 0.0305 e. The van der Waals surface area contributed by atoms with Gasteiger partial charge in [-0.3, -0.25) is 0 Å². The molecule has 104 valence electrons. The standard InChI is InChI=1S/C16H24N2S/c1-5-7-18-8-6-15(11-18)10-17-13(3)16-9-12(2)19-14(16)4/h6,8-9,11,13,17H,5,7,10H2,1-4H3. The van der Waals surface area contributed by atoms with Crippen molar-refractivity contribution in [2.24, 2.45) is 0 Å². The molecule has 3 heteroatoms. The third kappa shape index (κ3) is 3.71. The van der Waals surface area contributed by atoms with Crippen LogP contribution >= 0.6 is 11.3 Å². The lowest BCUT2D eigenvalue weighted by molar-refractivity contribution is 0.572. The molecule has 0 amide bonds. The molecule has 2 nitrogen and oxygen atoms in total. The predicted molar refractivity (Wildman–Crippen MR) is 83.8 cm³/mol. The first kappa shape index (κ1) is 14.4. The third-order valence-electron chi connectivity index (χ3n) is 3.45. The maximum Gasteiger partial charge on any atom is 0.0305 e. The van der Waals surface area contributed by atoms with Gasteiger partial charge in [-0.25, -0.2) is 0 Å². The van der Waals surface area contributed by atoms with E-state index >= 15 is 0 Å². The molecular formula is C16H24N2S. The Balaban J connectivity index is 1.92. The number of nitrogens with zero attached hydrogens (tertiary/aromatic N) is 1. The molecular weight excluding hydrogens is 252 g/mol. The molecule has 2 rings (SSSR count). The summed E-state index contributed by atoms with van der Waals surface area (Å²) in [6.45, 7) is 10.9. The van der Waals surface area contributed by atoms with Gasteiger partial charge in [0.1, 0.15) is 0 Å². The minimum absolute atomic E-state index is 0.416. The normalized spacial score (nSPS) is 12.8. The second-order valence-electron chi connectivity index (χ2n) is 5.23. The highest BCUT2D eigenvalue weighted by Gasteiger charge is 2.10. The molecule has 2 heterocycles. The van der Waals surface area contributed by atoms with Crippen LogP contribution in [0.25, 0.3) is 0 Å². The van der Waals surface area contributed by atoms with Crippen LogP contribution < -0.4 is 5.32 Å². The van der Waals surface area contributed by atoms with Gasteiger partial charge >= 0.3 is 0 Å². The lowest BCUT2D eigenvalue weighted by Gasteiger charge is -2.13. The summed E-state index contributed by atoms with van der Waals surface area (Å²) in [6.07, 6.45) is 5.60. The highest BCUT2D eigenvalue weighted by molar-refractivity contribution is 7.12. The minimum Gasteiger partial charge on any atom is -0.354 e. The first-order chi connectivity index (χ1) is 9.10. The van der Waals surface area contributed by atoms with E-state index in [4.69, 9.17) is 0 Å². The molecule has 0 fully saturated rings. The molecule has 2 aromatic rings. The van der Waals surface area contributed by atoms with Crippen LogP contribution in [0.4, 0.5) is 0 Å². The molecule has 0 bridgehead atoms. The quantitative estimate of drug-likeness (QED) is 0.826. The van der Waals surface area contributed by atoms with Gasteiger partial charge in [0.2, 0.25) is 0 Å². The van der Waals surface area contributed by atoms with E-state index in [0.717, 1.165) is 13.1 Å². The number of rotatable bonds is 6. The zero-order valence-corrected chi connectivity index (χ0v) is 13.2. The van der Waals surface area contributed by atoms with E-state index in [1.54, 1.807) is 0 Å². The lowest BCUT2D eigenvalue weighted by atomic mass is 10.1. The van der Waals surface area contributed by atoms with Crippen molar-refractivity contribution in [2.75, 3.05) is 0 Å². The van der Waals surface area contributed by atoms with E-state index < -0.39 is 0 Å². The monoisotopic (exact) mass is 276 g/mol. The Kier molecular flexibility index (Phi) is 4.83. The number of hydrogen-bond donors (Lipinski definition) is 1. The number of nitrogens with one attached hydrogen (secondary N) is 1. The molecule has 1 unspecified atom stereocenters. The Labute approximate surface area is 120 Å². The molecule has 0 saturated carbocycles. The Morgan fingerprint density at radius 1 is 1.37 bits per heavy atom. The fraction of sp³-hybridized carbons (Fsp3) is 0.500. The van der Waals surface area contributed by atoms with Gasteiger partial charge in [0.25, 0.3) is 0 Å². The van der Waals surface area contributed by atoms with Crippen LogP contribution in [0, 0.1) is 13.8 Å². The van der Waals surface area contributed by atoms with Gasteiger partial charge in [-0.2, -0.15) is 0 Å². The molecule has 1 atom stereocenters. The van der Waals surface area contributed by atoms with Crippen molar-refractivity contribution >= 4 is 11.3 Å². The van der Waals surface area contributed by atoms with Crippen LogP contribution in [0.15, 0.2) is 24.5 Å². The molecule has 1 N–H and O–H groups in total. The number of aryl methyl sites for hydroxylation is 3. The third-order valence-corrected chi connectivity index (χ3v) is 4.43. The fourth-order valence-corrected chi connectivity index (χ4v) is 3.48. The van der Waals surface area contributed by atoms with Gasteiger partial charge in [-0.15, -0.1) is 11.3 Å². The zero-order valence-electron chi connectivity index (χ0n) is 12.4. The molecule has 19 heavy (non-hydrogen) atoms. The second kappa shape index (κ2) is 6.40. The van der Waals surface area contributed by atoms with E-state index in [2.05, 4.69) is 62.1 Å². The summed E-state index contributed by atoms with van der Waals surface area (Å²) in [6, 6.07) is 4.93. The van der Waals surface area contributed by atoms with Gasteiger partial charge in [-0.1, -0.05) is 6.92 Å². The maximum atomic E-state index is 3.62. The first-order valence-corrected chi connectivity index (χ1v) is 7.86. The van der Waals surface area contributed by atoms with Crippen LogP contribution in [0.1, 0.15) is 47.2 Å². The van der Waals surface area contributed by atoms with Crippen molar-refractivity contribution in [3.8, 4) is 0 Å². The van der Waals surface area contributed by atoms with E-state index in [9.17, 15) is 0 Å². The Morgan fingerprint density at radius 2 is 2.16 bits per heavy atom. The summed E-state index contributed by atoms with van der Waals surface area (Å²) in [5.41, 5.74) is 2.81. The van der Waals surface area contributed by atoms with E-state index in [1.807, 2.05) is 11.3 Å². The van der Waals surface area contributed by atoms with Crippen LogP contribution in [0.3, 0.4) is 0 Å². The molecule has 0 aliphatic carbocycles. The summed E-state index contributed by atoms with van der Waals surface area (Å²) in [5.74, 6) is 0. The SMILES string of the molecule is CCCn1ccc(CNC(C)c2cc(C)sc2C)c1. The van der Waals surface area contributed by atoms with Gasteiger partial charge in [0.05, 0.1) is 0 Å². The fourth-order valence-electron chi connectivity index (χ4n) is 2.45. The summed E-state index contributed by atoms with van der Waals surface area (Å²) in [7, 11) is 0. The van der Waals surface area contributed by atoms with E-state index in [0.29, 0.717) is 6.04 Å². The van der Waals surface area contributed by atoms with Crippen LogP contribution in [-0.2, 0) is 13.1 Å². The van der Waals surface area contributed by atoms with Gasteiger partial charge < -0.3 is 9.88 Å². The molecule has 0 spiro atoms. The molecule has 0 radical (unpaired) electrons. The van der Waals surface area contributed by atoms with Crippen LogP contribution in [-0.4, -0.2) is 4.57 Å². The van der Waals surface area contributed by atoms with Crippen molar-refractivity contribution in [3.63, 3.8) is 0 Å². The minimum atomic E-state index is 0.416. The highest BCUT2D eigenvalue weighted by Crippen LogP contribution is 2.26. The predicted octanol–water partition coefficient (Wildman–Crippen LogP) is 4.43. The van der Waals surface area contributed by atoms with Crippen LogP contribution in [0.5, 0.6) is 0 Å². The molecule has 0 aliphatic rings. The molecule has 2 aromatic heterocycles. The number of aromatic nitrogens is 1. The first-order valence-electron chi connectivity index (χ1n) is 7.05. The highest BCUT2D eigenvalue weighted by atomic mass is 32.1. The summed E-state index contributed by atoms with van der Waals surface area (Å²) >= 11 is 1.89. The van der Waals surface area contributed by atoms with Gasteiger partial charge in [0.15, 0.2) is 0 Å². The maximum absolute atomic E-state index is 3.62. The van der Waals surface area contributed by atoms with Crippen molar-refractivity contribution in [3.05, 3.63) is 45.4 Å². The summed E-state index contributed by atoms with van der Waals surface area (Å²) < 4.78 is 2.27. The van der Waals surface area contributed by atoms with Crippen molar-refractivity contribution in [2.45, 2.75) is 53.2 Å². The van der Waals surface area contributed by atoms with Crippen molar-refractivity contribution < 1.29 is 0 Å². The van der Waals surface area contributed by atoms with E-state index in [-0.39, 0.29) is 0 Å². The van der Waals surface area contributed by atoms with Gasteiger partial charge in [-0.05, 0) is 50.5 Å². The Bertz CT molecular complexity index is 525. The topological polar surface area (TPSA) is 17.0 Å². The molecule has 0 saturated heterocycles. The average Bonchev–Trinajstić information content (AvgIpc) is 2.93. The average molecular weight is 276 g/mol. The van der Waals surface area contributed by atoms with Crippen LogP contribution in [0.2, 0.25) is 0 Å². The Morgan fingerprint density at radius 3 is 2.79 bits per heavy atom. The molecule has 0 aliphatic heterocycles. The summed E-state index contributed by atoms with van der Waals surface area (Å²) in [5, 5.41) is 3.62. The molecule has 0 aromatic carbocycles. The van der Waals surface area contributed by atoms with Crippen molar-refractivity contribution in [1.82, 2.24) is 9.88 Å². The largest absolute Gasteiger partial charge is 0.354 e. The van der Waals surface area contributed by atoms with Crippen molar-refractivity contribution in [1.29, 1.82) is 0 Å². The second-order valence-corrected chi connectivity index (χ2v) is 6.69.